The molecule has 2 atom stereocenters. The standard InChI is InChI=1S/C15H30N2O/c1-11(2)12(3)17-15(18)10-16-13(4)14-8-6-5-7-9-14/h11-14,16H,5-10H2,1-4H3,(H,17,18)/t12?,13-/m1/s1. The van der Waals surface area contributed by atoms with Gasteiger partial charge in [0.2, 0.25) is 5.91 Å². The third kappa shape index (κ3) is 5.38. The van der Waals surface area contributed by atoms with Crippen LogP contribution in [0.25, 0.3) is 0 Å². The van der Waals surface area contributed by atoms with Crippen molar-refractivity contribution in [3.05, 3.63) is 0 Å². The normalized spacial score (nSPS) is 20.7. The number of nitrogens with one attached hydrogen (secondary N) is 2. The molecule has 1 amide bonds. The highest BCUT2D eigenvalue weighted by molar-refractivity contribution is 5.78. The Labute approximate surface area is 112 Å². The SMILES string of the molecule is CC(C)C(C)NC(=O)CN[C@H](C)C1CCCCC1. The van der Waals surface area contributed by atoms with Gasteiger partial charge in [-0.1, -0.05) is 33.1 Å². The van der Waals surface area contributed by atoms with Crippen molar-refractivity contribution >= 4 is 5.91 Å². The first kappa shape index (κ1) is 15.5. The summed E-state index contributed by atoms with van der Waals surface area (Å²) in [5, 5.41) is 6.42. The molecule has 3 nitrogen and oxygen atoms in total. The first-order valence-electron chi connectivity index (χ1n) is 7.53. The van der Waals surface area contributed by atoms with Gasteiger partial charge in [-0.3, -0.25) is 4.79 Å². The van der Waals surface area contributed by atoms with Crippen molar-refractivity contribution in [2.75, 3.05) is 6.54 Å². The summed E-state index contributed by atoms with van der Waals surface area (Å²) in [6, 6.07) is 0.717. The molecule has 0 aromatic heterocycles. The van der Waals surface area contributed by atoms with Crippen molar-refractivity contribution in [3.8, 4) is 0 Å². The molecule has 0 heterocycles. The van der Waals surface area contributed by atoms with Gasteiger partial charge in [0.25, 0.3) is 0 Å². The van der Waals surface area contributed by atoms with Gasteiger partial charge in [-0.15, -0.1) is 0 Å². The zero-order valence-corrected chi connectivity index (χ0v) is 12.5. The molecule has 0 aromatic rings. The van der Waals surface area contributed by atoms with Crippen LogP contribution in [0.5, 0.6) is 0 Å². The number of hydrogen-bond donors (Lipinski definition) is 2. The predicted molar refractivity (Wildman–Crippen MR) is 76.5 cm³/mol. The monoisotopic (exact) mass is 254 g/mol. The Hall–Kier alpha value is -0.570. The lowest BCUT2D eigenvalue weighted by atomic mass is 9.84. The second kappa shape index (κ2) is 7.78. The van der Waals surface area contributed by atoms with E-state index in [1.54, 1.807) is 0 Å². The minimum absolute atomic E-state index is 0.124. The van der Waals surface area contributed by atoms with Crippen LogP contribution in [0.15, 0.2) is 0 Å². The van der Waals surface area contributed by atoms with E-state index in [2.05, 4.69) is 38.3 Å². The molecule has 0 aliphatic heterocycles. The summed E-state index contributed by atoms with van der Waals surface area (Å²) in [5.74, 6) is 1.37. The number of carbonyl (C=O) groups is 1. The zero-order valence-electron chi connectivity index (χ0n) is 12.5. The van der Waals surface area contributed by atoms with Gasteiger partial charge in [0, 0.05) is 12.1 Å². The van der Waals surface area contributed by atoms with E-state index < -0.39 is 0 Å². The molecule has 0 spiro atoms. The van der Waals surface area contributed by atoms with Crippen molar-refractivity contribution < 1.29 is 4.79 Å². The van der Waals surface area contributed by atoms with Crippen LogP contribution in [-0.4, -0.2) is 24.5 Å². The first-order valence-corrected chi connectivity index (χ1v) is 7.53. The Morgan fingerprint density at radius 1 is 1.11 bits per heavy atom. The van der Waals surface area contributed by atoms with Crippen LogP contribution in [0.2, 0.25) is 0 Å². The molecule has 2 N–H and O–H groups in total. The lowest BCUT2D eigenvalue weighted by Crippen LogP contribution is -2.45. The van der Waals surface area contributed by atoms with Crippen molar-refractivity contribution in [1.29, 1.82) is 0 Å². The highest BCUT2D eigenvalue weighted by Crippen LogP contribution is 2.26. The van der Waals surface area contributed by atoms with Crippen LogP contribution in [0.1, 0.15) is 59.8 Å². The third-order valence-electron chi connectivity index (χ3n) is 4.33. The molecule has 0 bridgehead atoms. The largest absolute Gasteiger partial charge is 0.352 e. The smallest absolute Gasteiger partial charge is 0.234 e. The van der Waals surface area contributed by atoms with Crippen LogP contribution in [-0.2, 0) is 4.79 Å². The second-order valence-electron chi connectivity index (χ2n) is 6.17. The Morgan fingerprint density at radius 2 is 1.72 bits per heavy atom. The van der Waals surface area contributed by atoms with Gasteiger partial charge in [0.15, 0.2) is 0 Å². The van der Waals surface area contributed by atoms with E-state index in [1.807, 2.05) is 0 Å². The summed E-state index contributed by atoms with van der Waals surface area (Å²) < 4.78 is 0. The maximum Gasteiger partial charge on any atom is 0.234 e. The summed E-state index contributed by atoms with van der Waals surface area (Å²) in [6.45, 7) is 8.99. The number of rotatable bonds is 6. The second-order valence-corrected chi connectivity index (χ2v) is 6.17. The van der Waals surface area contributed by atoms with Crippen molar-refractivity contribution in [3.63, 3.8) is 0 Å². The van der Waals surface area contributed by atoms with Gasteiger partial charge >= 0.3 is 0 Å². The van der Waals surface area contributed by atoms with E-state index in [1.165, 1.54) is 32.1 Å². The summed E-state index contributed by atoms with van der Waals surface area (Å²) in [6.07, 6.45) is 6.73. The molecule has 1 unspecified atom stereocenters. The summed E-state index contributed by atoms with van der Waals surface area (Å²) in [7, 11) is 0. The van der Waals surface area contributed by atoms with Gasteiger partial charge < -0.3 is 10.6 Å². The third-order valence-corrected chi connectivity index (χ3v) is 4.33. The average molecular weight is 254 g/mol. The van der Waals surface area contributed by atoms with Crippen LogP contribution in [0, 0.1) is 11.8 Å². The first-order chi connectivity index (χ1) is 8.50. The Kier molecular flexibility index (Phi) is 6.69. The fourth-order valence-corrected chi connectivity index (χ4v) is 2.53. The Bertz CT molecular complexity index is 247. The van der Waals surface area contributed by atoms with Gasteiger partial charge in [-0.2, -0.15) is 0 Å². The van der Waals surface area contributed by atoms with Crippen molar-refractivity contribution in [1.82, 2.24) is 10.6 Å². The molecule has 18 heavy (non-hydrogen) atoms. The highest BCUT2D eigenvalue weighted by Gasteiger charge is 2.20. The molecule has 0 radical (unpaired) electrons. The molecule has 1 saturated carbocycles. The molecular weight excluding hydrogens is 224 g/mol. The molecule has 1 aliphatic carbocycles. The van der Waals surface area contributed by atoms with Crippen LogP contribution in [0.3, 0.4) is 0 Å². The number of amides is 1. The van der Waals surface area contributed by atoms with Crippen LogP contribution < -0.4 is 10.6 Å². The Morgan fingerprint density at radius 3 is 2.28 bits per heavy atom. The van der Waals surface area contributed by atoms with Gasteiger partial charge in [0.05, 0.1) is 6.54 Å². The lowest BCUT2D eigenvalue weighted by Gasteiger charge is -2.28. The maximum atomic E-state index is 11.8. The summed E-state index contributed by atoms with van der Waals surface area (Å²) in [5.41, 5.74) is 0. The summed E-state index contributed by atoms with van der Waals surface area (Å²) in [4.78, 5) is 11.8. The van der Waals surface area contributed by atoms with E-state index in [0.29, 0.717) is 18.5 Å². The average Bonchev–Trinajstić information content (AvgIpc) is 2.36. The topological polar surface area (TPSA) is 41.1 Å². The molecule has 1 fully saturated rings. The minimum atomic E-state index is 0.124. The lowest BCUT2D eigenvalue weighted by molar-refractivity contribution is -0.121. The van der Waals surface area contributed by atoms with Crippen molar-refractivity contribution in [2.45, 2.75) is 71.9 Å². The van der Waals surface area contributed by atoms with E-state index >= 15 is 0 Å². The minimum Gasteiger partial charge on any atom is -0.352 e. The number of carbonyl (C=O) groups excluding carboxylic acids is 1. The van der Waals surface area contributed by atoms with Gasteiger partial charge in [0.1, 0.15) is 0 Å². The fraction of sp³-hybridized carbons (Fsp3) is 0.933. The molecule has 1 rings (SSSR count). The summed E-state index contributed by atoms with van der Waals surface area (Å²) >= 11 is 0. The maximum absolute atomic E-state index is 11.8. The van der Waals surface area contributed by atoms with Gasteiger partial charge in [-0.25, -0.2) is 0 Å². The van der Waals surface area contributed by atoms with E-state index in [9.17, 15) is 4.79 Å². The van der Waals surface area contributed by atoms with Crippen LogP contribution >= 0.6 is 0 Å². The Balaban J connectivity index is 2.20. The van der Waals surface area contributed by atoms with E-state index in [4.69, 9.17) is 0 Å². The zero-order chi connectivity index (χ0) is 13.5. The fourth-order valence-electron chi connectivity index (χ4n) is 2.53. The molecule has 3 heteroatoms. The van der Waals surface area contributed by atoms with Crippen LogP contribution in [0.4, 0.5) is 0 Å². The van der Waals surface area contributed by atoms with Gasteiger partial charge in [-0.05, 0) is 38.5 Å². The molecule has 0 aromatic carbocycles. The molecule has 106 valence electrons. The highest BCUT2D eigenvalue weighted by atomic mass is 16.1. The van der Waals surface area contributed by atoms with E-state index in [0.717, 1.165) is 5.92 Å². The predicted octanol–water partition coefficient (Wildman–Crippen LogP) is 2.71. The van der Waals surface area contributed by atoms with Crippen molar-refractivity contribution in [2.24, 2.45) is 11.8 Å². The molecule has 0 saturated heterocycles. The molecule has 1 aliphatic rings. The van der Waals surface area contributed by atoms with E-state index in [-0.39, 0.29) is 11.9 Å². The quantitative estimate of drug-likeness (QED) is 0.765. The number of hydrogen-bond acceptors (Lipinski definition) is 2. The molecular formula is C15H30N2O.